The van der Waals surface area contributed by atoms with E-state index in [1.165, 1.54) is 5.56 Å². The second kappa shape index (κ2) is 6.58. The van der Waals surface area contributed by atoms with Crippen molar-refractivity contribution >= 4 is 17.5 Å². The van der Waals surface area contributed by atoms with Gasteiger partial charge in [-0.05, 0) is 31.0 Å². The van der Waals surface area contributed by atoms with E-state index in [0.717, 1.165) is 12.0 Å². The first-order valence-electron chi connectivity index (χ1n) is 6.73. The van der Waals surface area contributed by atoms with Crippen LogP contribution >= 0.6 is 11.6 Å². The Morgan fingerprint density at radius 2 is 1.80 bits per heavy atom. The maximum atomic E-state index is 12.3. The van der Waals surface area contributed by atoms with Gasteiger partial charge in [-0.15, -0.1) is 0 Å². The molecule has 2 rings (SSSR count). The molecule has 0 aliphatic heterocycles. The highest BCUT2D eigenvalue weighted by Crippen LogP contribution is 2.20. The van der Waals surface area contributed by atoms with Gasteiger partial charge in [-0.25, -0.2) is 0 Å². The summed E-state index contributed by atoms with van der Waals surface area (Å²) >= 11 is 6.05. The summed E-state index contributed by atoms with van der Waals surface area (Å²) in [4.78, 5) is 12.3. The normalized spacial score (nSPS) is 11.9. The Kier molecular flexibility index (Phi) is 4.80. The van der Waals surface area contributed by atoms with Crippen LogP contribution in [0.4, 0.5) is 0 Å². The molecule has 0 heterocycles. The molecule has 2 nitrogen and oxygen atoms in total. The van der Waals surface area contributed by atoms with E-state index in [0.29, 0.717) is 10.6 Å². The predicted molar refractivity (Wildman–Crippen MR) is 83.1 cm³/mol. The van der Waals surface area contributed by atoms with Gasteiger partial charge >= 0.3 is 0 Å². The molecule has 0 spiro atoms. The molecule has 0 aliphatic rings. The molecule has 1 amide bonds. The number of carbonyl (C=O) groups is 1. The first-order valence-corrected chi connectivity index (χ1v) is 7.11. The molecule has 0 fully saturated rings. The summed E-state index contributed by atoms with van der Waals surface area (Å²) in [7, 11) is 0. The number of halogens is 1. The minimum absolute atomic E-state index is 0.000581. The van der Waals surface area contributed by atoms with Crippen molar-refractivity contribution in [3.63, 3.8) is 0 Å². The maximum Gasteiger partial charge on any atom is 0.253 e. The van der Waals surface area contributed by atoms with Crippen molar-refractivity contribution in [2.45, 2.75) is 26.3 Å². The van der Waals surface area contributed by atoms with Crippen LogP contribution in [0.3, 0.4) is 0 Å². The molecule has 0 aliphatic carbocycles. The first-order chi connectivity index (χ1) is 9.61. The lowest BCUT2D eigenvalue weighted by molar-refractivity contribution is 0.0935. The molecule has 20 heavy (non-hydrogen) atoms. The van der Waals surface area contributed by atoms with E-state index in [4.69, 9.17) is 11.6 Å². The number of rotatable bonds is 4. The van der Waals surface area contributed by atoms with Gasteiger partial charge in [0.2, 0.25) is 0 Å². The van der Waals surface area contributed by atoms with Crippen LogP contribution in [0.5, 0.6) is 0 Å². The van der Waals surface area contributed by atoms with Crippen LogP contribution in [0.25, 0.3) is 0 Å². The third kappa shape index (κ3) is 3.40. The quantitative estimate of drug-likeness (QED) is 0.879. The summed E-state index contributed by atoms with van der Waals surface area (Å²) in [5.74, 6) is -0.136. The van der Waals surface area contributed by atoms with Gasteiger partial charge in [-0.2, -0.15) is 0 Å². The molecule has 0 aromatic heterocycles. The third-order valence-electron chi connectivity index (χ3n) is 3.31. The highest BCUT2D eigenvalue weighted by molar-refractivity contribution is 6.33. The average Bonchev–Trinajstić information content (AvgIpc) is 2.46. The lowest BCUT2D eigenvalue weighted by Gasteiger charge is -2.18. The van der Waals surface area contributed by atoms with E-state index >= 15 is 0 Å². The van der Waals surface area contributed by atoms with Crippen molar-refractivity contribution < 1.29 is 4.79 Å². The van der Waals surface area contributed by atoms with Crippen LogP contribution in [0.15, 0.2) is 48.5 Å². The Hall–Kier alpha value is -1.80. The van der Waals surface area contributed by atoms with E-state index in [9.17, 15) is 4.79 Å². The van der Waals surface area contributed by atoms with Crippen molar-refractivity contribution in [2.24, 2.45) is 0 Å². The van der Waals surface area contributed by atoms with Crippen LogP contribution in [0, 0.1) is 6.92 Å². The van der Waals surface area contributed by atoms with E-state index in [2.05, 4.69) is 36.5 Å². The molecule has 0 bridgehead atoms. The smallest absolute Gasteiger partial charge is 0.253 e. The predicted octanol–water partition coefficient (Wildman–Crippen LogP) is 4.53. The summed E-state index contributed by atoms with van der Waals surface area (Å²) in [6.07, 6.45) is 0.833. The van der Waals surface area contributed by atoms with Crippen molar-refractivity contribution in [2.75, 3.05) is 0 Å². The lowest BCUT2D eigenvalue weighted by Crippen LogP contribution is -2.28. The topological polar surface area (TPSA) is 29.1 Å². The summed E-state index contributed by atoms with van der Waals surface area (Å²) in [5.41, 5.74) is 2.83. The fourth-order valence-corrected chi connectivity index (χ4v) is 2.32. The Morgan fingerprint density at radius 1 is 1.15 bits per heavy atom. The number of hydrogen-bond donors (Lipinski definition) is 1. The zero-order valence-electron chi connectivity index (χ0n) is 11.7. The molecule has 0 saturated carbocycles. The van der Waals surface area contributed by atoms with Crippen LogP contribution in [-0.4, -0.2) is 5.91 Å². The summed E-state index contributed by atoms with van der Waals surface area (Å²) in [6.45, 7) is 4.10. The summed E-state index contributed by atoms with van der Waals surface area (Å²) < 4.78 is 0. The van der Waals surface area contributed by atoms with E-state index in [1.54, 1.807) is 12.1 Å². The Morgan fingerprint density at radius 3 is 2.40 bits per heavy atom. The van der Waals surface area contributed by atoms with Crippen molar-refractivity contribution in [1.29, 1.82) is 0 Å². The van der Waals surface area contributed by atoms with Crippen LogP contribution in [0.1, 0.15) is 40.9 Å². The molecule has 2 aromatic carbocycles. The highest BCUT2D eigenvalue weighted by Gasteiger charge is 2.15. The molecule has 3 heteroatoms. The van der Waals surface area contributed by atoms with Gasteiger partial charge in [0, 0.05) is 0 Å². The Bertz CT molecular complexity index is 592. The largest absolute Gasteiger partial charge is 0.345 e. The number of hydrogen-bond acceptors (Lipinski definition) is 1. The van der Waals surface area contributed by atoms with Crippen molar-refractivity contribution in [1.82, 2.24) is 5.32 Å². The summed E-state index contributed by atoms with van der Waals surface area (Å²) in [5, 5.41) is 3.51. The zero-order valence-corrected chi connectivity index (χ0v) is 12.4. The number of amides is 1. The van der Waals surface area contributed by atoms with Gasteiger partial charge in [-0.1, -0.05) is 60.5 Å². The van der Waals surface area contributed by atoms with Crippen molar-refractivity contribution in [3.8, 4) is 0 Å². The Labute approximate surface area is 124 Å². The maximum absolute atomic E-state index is 12.3. The number of aryl methyl sites for hydroxylation is 1. The minimum atomic E-state index is -0.136. The second-order valence-electron chi connectivity index (χ2n) is 4.82. The van der Waals surface area contributed by atoms with E-state index < -0.39 is 0 Å². The van der Waals surface area contributed by atoms with Crippen LogP contribution in [0.2, 0.25) is 5.02 Å². The van der Waals surface area contributed by atoms with Gasteiger partial charge in [0.1, 0.15) is 0 Å². The van der Waals surface area contributed by atoms with E-state index in [-0.39, 0.29) is 11.9 Å². The summed E-state index contributed by atoms with van der Waals surface area (Å²) in [6, 6.07) is 15.3. The van der Waals surface area contributed by atoms with Crippen molar-refractivity contribution in [3.05, 3.63) is 70.2 Å². The highest BCUT2D eigenvalue weighted by atomic mass is 35.5. The van der Waals surface area contributed by atoms with Gasteiger partial charge in [-0.3, -0.25) is 4.79 Å². The van der Waals surface area contributed by atoms with Crippen LogP contribution in [-0.2, 0) is 0 Å². The molecule has 2 aromatic rings. The monoisotopic (exact) mass is 287 g/mol. The number of carbonyl (C=O) groups excluding carboxylic acids is 1. The molecule has 104 valence electrons. The number of nitrogens with one attached hydrogen (secondary N) is 1. The van der Waals surface area contributed by atoms with Gasteiger partial charge < -0.3 is 5.32 Å². The number of benzene rings is 2. The minimum Gasteiger partial charge on any atom is -0.345 e. The van der Waals surface area contributed by atoms with Crippen LogP contribution < -0.4 is 5.32 Å². The second-order valence-corrected chi connectivity index (χ2v) is 5.23. The fraction of sp³-hybridized carbons (Fsp3) is 0.235. The van der Waals surface area contributed by atoms with Gasteiger partial charge in [0.05, 0.1) is 16.6 Å². The molecule has 1 atom stereocenters. The Balaban J connectivity index is 2.16. The first kappa shape index (κ1) is 14.6. The van der Waals surface area contributed by atoms with Gasteiger partial charge in [0.25, 0.3) is 5.91 Å². The lowest BCUT2D eigenvalue weighted by atomic mass is 10.0. The van der Waals surface area contributed by atoms with Gasteiger partial charge in [0.15, 0.2) is 0 Å². The molecular formula is C17H18ClNO. The SMILES string of the molecule is CC[C@H](NC(=O)c1ccccc1Cl)c1ccc(C)cc1. The average molecular weight is 288 g/mol. The zero-order chi connectivity index (χ0) is 14.5. The molecule has 0 radical (unpaired) electrons. The third-order valence-corrected chi connectivity index (χ3v) is 3.64. The van der Waals surface area contributed by atoms with E-state index in [1.807, 2.05) is 19.1 Å². The fourth-order valence-electron chi connectivity index (χ4n) is 2.10. The molecule has 0 saturated heterocycles. The molecule has 0 unspecified atom stereocenters. The standard InChI is InChI=1S/C17H18ClNO/c1-3-16(13-10-8-12(2)9-11-13)19-17(20)14-6-4-5-7-15(14)18/h4-11,16H,3H2,1-2H3,(H,19,20)/t16-/m0/s1. The molecular weight excluding hydrogens is 270 g/mol. The molecule has 1 N–H and O–H groups in total.